The van der Waals surface area contributed by atoms with Crippen LogP contribution in [0, 0.1) is 0 Å². The smallest absolute Gasteiger partial charge is 0.478 e. The van der Waals surface area contributed by atoms with Crippen LogP contribution in [0.4, 0.5) is 24.5 Å². The summed E-state index contributed by atoms with van der Waals surface area (Å²) in [7, 11) is 0. The number of carboxylic acids is 2. The standard InChI is InChI=1S/C24H29N3O5.C2HF3O2/c1-2-3-4-23(28)25-19-14-18(24(29)30)6-7-20(19)27-11-9-26(10-12-27)15-17-5-8-21-22(13-17)32-16-31-21;3-2(4,5)1(6)7/h5-8,13-14H,2-4,9-12,15-16H2,1H3,(H,25,28)(H,29,30);(H,6,7). The molecule has 1 amide bonds. The molecule has 0 bridgehead atoms. The zero-order valence-electron chi connectivity index (χ0n) is 21.3. The Kier molecular flexibility index (Phi) is 9.99. The number of benzene rings is 2. The lowest BCUT2D eigenvalue weighted by molar-refractivity contribution is -0.192. The van der Waals surface area contributed by atoms with Crippen LogP contribution in [0.25, 0.3) is 0 Å². The third-order valence-corrected chi connectivity index (χ3v) is 6.07. The number of nitrogens with one attached hydrogen (secondary N) is 1. The maximum absolute atomic E-state index is 12.3. The number of piperazine rings is 1. The molecule has 2 aliphatic heterocycles. The molecule has 0 unspecified atom stereocenters. The number of anilines is 2. The summed E-state index contributed by atoms with van der Waals surface area (Å²) >= 11 is 0. The van der Waals surface area contributed by atoms with E-state index in [1.54, 1.807) is 18.2 Å². The number of alkyl halides is 3. The molecule has 1 saturated heterocycles. The molecule has 0 aliphatic carbocycles. The number of carbonyl (C=O) groups is 3. The Bertz CT molecular complexity index is 1180. The molecule has 2 aromatic rings. The van der Waals surface area contributed by atoms with Crippen LogP contribution in [0.3, 0.4) is 0 Å². The van der Waals surface area contributed by atoms with Crippen LogP contribution < -0.4 is 19.7 Å². The molecule has 13 heteroatoms. The van der Waals surface area contributed by atoms with Gasteiger partial charge in [-0.25, -0.2) is 9.59 Å². The summed E-state index contributed by atoms with van der Waals surface area (Å²) in [6.45, 7) is 6.42. The number of halogens is 3. The highest BCUT2D eigenvalue weighted by Crippen LogP contribution is 2.33. The van der Waals surface area contributed by atoms with E-state index in [1.807, 2.05) is 19.1 Å². The number of aliphatic carboxylic acids is 1. The Morgan fingerprint density at radius 2 is 1.64 bits per heavy atom. The molecule has 2 heterocycles. The molecule has 1 fully saturated rings. The lowest BCUT2D eigenvalue weighted by Crippen LogP contribution is -2.46. The summed E-state index contributed by atoms with van der Waals surface area (Å²) in [5.74, 6) is -2.27. The van der Waals surface area contributed by atoms with Crippen LogP contribution in [-0.4, -0.2) is 72.1 Å². The van der Waals surface area contributed by atoms with E-state index in [0.717, 1.165) is 62.8 Å². The van der Waals surface area contributed by atoms with E-state index in [2.05, 4.69) is 21.2 Å². The number of carboxylic acid groups (broad SMARTS) is 2. The van der Waals surface area contributed by atoms with Crippen molar-refractivity contribution in [1.82, 2.24) is 4.90 Å². The zero-order valence-corrected chi connectivity index (χ0v) is 21.3. The monoisotopic (exact) mass is 553 g/mol. The number of aromatic carboxylic acids is 1. The minimum absolute atomic E-state index is 0.0860. The molecule has 0 aromatic heterocycles. The second kappa shape index (κ2) is 13.2. The van der Waals surface area contributed by atoms with Gasteiger partial charge in [0.15, 0.2) is 11.5 Å². The zero-order chi connectivity index (χ0) is 28.6. The Morgan fingerprint density at radius 1 is 0.974 bits per heavy atom. The van der Waals surface area contributed by atoms with Crippen LogP contribution in [0.5, 0.6) is 11.5 Å². The largest absolute Gasteiger partial charge is 0.490 e. The first-order valence-corrected chi connectivity index (χ1v) is 12.3. The first-order valence-electron chi connectivity index (χ1n) is 12.3. The number of amides is 1. The normalized spacial score (nSPS) is 14.8. The molecule has 39 heavy (non-hydrogen) atoms. The van der Waals surface area contributed by atoms with E-state index in [9.17, 15) is 27.9 Å². The van der Waals surface area contributed by atoms with Gasteiger partial charge in [-0.15, -0.1) is 0 Å². The van der Waals surface area contributed by atoms with Crippen molar-refractivity contribution in [2.75, 3.05) is 43.2 Å². The second-order valence-corrected chi connectivity index (χ2v) is 8.94. The van der Waals surface area contributed by atoms with Crippen molar-refractivity contribution < 1.29 is 47.2 Å². The Balaban J connectivity index is 0.000000532. The third-order valence-electron chi connectivity index (χ3n) is 6.07. The van der Waals surface area contributed by atoms with E-state index in [0.29, 0.717) is 12.1 Å². The van der Waals surface area contributed by atoms with Gasteiger partial charge < -0.3 is 29.9 Å². The molecular weight excluding hydrogens is 523 g/mol. The van der Waals surface area contributed by atoms with E-state index in [-0.39, 0.29) is 18.3 Å². The van der Waals surface area contributed by atoms with E-state index >= 15 is 0 Å². The maximum atomic E-state index is 12.3. The molecule has 3 N–H and O–H groups in total. The van der Waals surface area contributed by atoms with Crippen molar-refractivity contribution in [1.29, 1.82) is 0 Å². The second-order valence-electron chi connectivity index (χ2n) is 8.94. The van der Waals surface area contributed by atoms with Gasteiger partial charge in [0.05, 0.1) is 16.9 Å². The number of nitrogens with zero attached hydrogens (tertiary/aromatic N) is 2. The summed E-state index contributed by atoms with van der Waals surface area (Å²) in [6.07, 6.45) is -2.92. The van der Waals surface area contributed by atoms with Gasteiger partial charge >= 0.3 is 18.1 Å². The van der Waals surface area contributed by atoms with Crippen molar-refractivity contribution in [2.45, 2.75) is 38.9 Å². The van der Waals surface area contributed by atoms with Gasteiger partial charge in [-0.3, -0.25) is 9.69 Å². The lowest BCUT2D eigenvalue weighted by atomic mass is 10.1. The fraction of sp³-hybridized carbons (Fsp3) is 0.423. The predicted molar refractivity (Wildman–Crippen MR) is 135 cm³/mol. The van der Waals surface area contributed by atoms with E-state index in [4.69, 9.17) is 19.4 Å². The van der Waals surface area contributed by atoms with Crippen LogP contribution in [0.1, 0.15) is 42.1 Å². The minimum atomic E-state index is -5.08. The third kappa shape index (κ3) is 8.50. The molecule has 2 aliphatic rings. The number of hydrogen-bond acceptors (Lipinski definition) is 7. The fourth-order valence-electron chi connectivity index (χ4n) is 4.04. The first-order chi connectivity index (χ1) is 18.5. The maximum Gasteiger partial charge on any atom is 0.490 e. The molecule has 0 spiro atoms. The van der Waals surface area contributed by atoms with Crippen molar-refractivity contribution >= 4 is 29.2 Å². The highest BCUT2D eigenvalue weighted by Gasteiger charge is 2.38. The van der Waals surface area contributed by atoms with Gasteiger partial charge in [-0.2, -0.15) is 13.2 Å². The minimum Gasteiger partial charge on any atom is -0.478 e. The van der Waals surface area contributed by atoms with Crippen molar-refractivity contribution in [3.63, 3.8) is 0 Å². The molecule has 10 nitrogen and oxygen atoms in total. The molecule has 0 atom stereocenters. The van der Waals surface area contributed by atoms with Crippen molar-refractivity contribution in [3.8, 4) is 11.5 Å². The van der Waals surface area contributed by atoms with Crippen molar-refractivity contribution in [3.05, 3.63) is 47.5 Å². The molecular formula is C26H30F3N3O7. The van der Waals surface area contributed by atoms with Gasteiger partial charge in [-0.05, 0) is 42.3 Å². The topological polar surface area (TPSA) is 129 Å². The predicted octanol–water partition coefficient (Wildman–Crippen LogP) is 4.20. The molecule has 212 valence electrons. The summed E-state index contributed by atoms with van der Waals surface area (Å²) in [5, 5.41) is 19.4. The van der Waals surface area contributed by atoms with Crippen LogP contribution in [-0.2, 0) is 16.1 Å². The quantitative estimate of drug-likeness (QED) is 0.441. The van der Waals surface area contributed by atoms with Gasteiger partial charge in [0.2, 0.25) is 12.7 Å². The number of fused-ring (bicyclic) bond motifs is 1. The number of rotatable bonds is 8. The average Bonchev–Trinajstić information content (AvgIpc) is 3.36. The van der Waals surface area contributed by atoms with Crippen LogP contribution >= 0.6 is 0 Å². The Hall–Kier alpha value is -4.00. The summed E-state index contributed by atoms with van der Waals surface area (Å²) < 4.78 is 42.6. The lowest BCUT2D eigenvalue weighted by Gasteiger charge is -2.37. The van der Waals surface area contributed by atoms with E-state index in [1.165, 1.54) is 5.56 Å². The molecule has 2 aromatic carbocycles. The fourth-order valence-corrected chi connectivity index (χ4v) is 4.04. The highest BCUT2D eigenvalue weighted by atomic mass is 19.4. The molecule has 0 saturated carbocycles. The van der Waals surface area contributed by atoms with Gasteiger partial charge in [-0.1, -0.05) is 19.4 Å². The number of unbranched alkanes of at least 4 members (excludes halogenated alkanes) is 1. The van der Waals surface area contributed by atoms with Crippen LogP contribution in [0.15, 0.2) is 36.4 Å². The molecule has 4 rings (SSSR count). The Morgan fingerprint density at radius 3 is 2.26 bits per heavy atom. The number of carbonyl (C=O) groups excluding carboxylic acids is 1. The van der Waals surface area contributed by atoms with Gasteiger partial charge in [0, 0.05) is 39.1 Å². The van der Waals surface area contributed by atoms with Gasteiger partial charge in [0.1, 0.15) is 0 Å². The number of ether oxygens (including phenoxy) is 2. The average molecular weight is 554 g/mol. The van der Waals surface area contributed by atoms with Crippen LogP contribution in [0.2, 0.25) is 0 Å². The van der Waals surface area contributed by atoms with E-state index < -0.39 is 18.1 Å². The number of hydrogen-bond donors (Lipinski definition) is 3. The summed E-state index contributed by atoms with van der Waals surface area (Å²) in [4.78, 5) is 37.2. The highest BCUT2D eigenvalue weighted by molar-refractivity contribution is 5.97. The summed E-state index contributed by atoms with van der Waals surface area (Å²) in [5.41, 5.74) is 2.77. The molecule has 0 radical (unpaired) electrons. The first kappa shape index (κ1) is 29.6. The SMILES string of the molecule is CCCCC(=O)Nc1cc(C(=O)O)ccc1N1CCN(Cc2ccc3c(c2)OCO3)CC1.O=C(O)C(F)(F)F. The Labute approximate surface area is 222 Å². The van der Waals surface area contributed by atoms with Gasteiger partial charge in [0.25, 0.3) is 0 Å². The summed E-state index contributed by atoms with van der Waals surface area (Å²) in [6, 6.07) is 11.0. The van der Waals surface area contributed by atoms with Crippen molar-refractivity contribution in [2.24, 2.45) is 0 Å².